The van der Waals surface area contributed by atoms with Crippen molar-refractivity contribution in [3.8, 4) is 0 Å². The molecule has 0 aliphatic heterocycles. The van der Waals surface area contributed by atoms with Gasteiger partial charge in [-0.2, -0.15) is 0 Å². The van der Waals surface area contributed by atoms with E-state index in [-0.39, 0.29) is 5.97 Å². The molecule has 0 saturated carbocycles. The zero-order chi connectivity index (χ0) is 13.1. The maximum Gasteiger partial charge on any atom is 0.315 e. The standard InChI is InChI=1S/C14H18O3/c1-5-12(15)10-6-8-11(9-7-10)14(2,3)13(16)17-4/h5-9,12,15H,1H2,2-4H3. The van der Waals surface area contributed by atoms with E-state index in [1.807, 2.05) is 12.1 Å². The van der Waals surface area contributed by atoms with Crippen molar-refractivity contribution in [1.82, 2.24) is 0 Å². The highest BCUT2D eigenvalue weighted by molar-refractivity contribution is 5.82. The molecule has 1 aromatic carbocycles. The maximum atomic E-state index is 11.6. The van der Waals surface area contributed by atoms with Crippen LogP contribution in [0.3, 0.4) is 0 Å². The fraction of sp³-hybridized carbons (Fsp3) is 0.357. The van der Waals surface area contributed by atoms with E-state index in [0.717, 1.165) is 11.1 Å². The number of benzene rings is 1. The molecule has 17 heavy (non-hydrogen) atoms. The molecule has 0 saturated heterocycles. The van der Waals surface area contributed by atoms with E-state index in [4.69, 9.17) is 4.74 Å². The number of esters is 1. The number of methoxy groups -OCH3 is 1. The second kappa shape index (κ2) is 5.15. The molecule has 0 spiro atoms. The Morgan fingerprint density at radius 3 is 2.35 bits per heavy atom. The van der Waals surface area contributed by atoms with Crippen molar-refractivity contribution in [3.05, 3.63) is 48.0 Å². The summed E-state index contributed by atoms with van der Waals surface area (Å²) in [5, 5.41) is 9.57. The van der Waals surface area contributed by atoms with E-state index < -0.39 is 11.5 Å². The predicted octanol–water partition coefficient (Wildman–Crippen LogP) is 2.36. The minimum absolute atomic E-state index is 0.283. The van der Waals surface area contributed by atoms with Gasteiger partial charge in [0.25, 0.3) is 0 Å². The molecule has 3 nitrogen and oxygen atoms in total. The zero-order valence-electron chi connectivity index (χ0n) is 10.4. The molecule has 1 atom stereocenters. The molecule has 1 unspecified atom stereocenters. The molecule has 3 heteroatoms. The third-order valence-corrected chi connectivity index (χ3v) is 2.89. The van der Waals surface area contributed by atoms with Crippen LogP contribution in [0.5, 0.6) is 0 Å². The first kappa shape index (κ1) is 13.5. The first-order chi connectivity index (χ1) is 7.93. The van der Waals surface area contributed by atoms with E-state index >= 15 is 0 Å². The molecule has 0 bridgehead atoms. The quantitative estimate of drug-likeness (QED) is 0.642. The van der Waals surface area contributed by atoms with Gasteiger partial charge in [-0.25, -0.2) is 0 Å². The molecule has 0 heterocycles. The van der Waals surface area contributed by atoms with Crippen LogP contribution in [0.1, 0.15) is 31.1 Å². The van der Waals surface area contributed by atoms with Crippen molar-refractivity contribution in [2.75, 3.05) is 7.11 Å². The SMILES string of the molecule is C=CC(O)c1ccc(C(C)(C)C(=O)OC)cc1. The number of rotatable bonds is 4. The highest BCUT2D eigenvalue weighted by Crippen LogP contribution is 2.26. The van der Waals surface area contributed by atoms with Gasteiger partial charge in [0.05, 0.1) is 18.6 Å². The summed E-state index contributed by atoms with van der Waals surface area (Å²) in [6, 6.07) is 7.21. The van der Waals surface area contributed by atoms with Gasteiger partial charge < -0.3 is 9.84 Å². The van der Waals surface area contributed by atoms with Crippen molar-refractivity contribution >= 4 is 5.97 Å². The molecular formula is C14H18O3. The van der Waals surface area contributed by atoms with E-state index in [1.165, 1.54) is 13.2 Å². The fourth-order valence-electron chi connectivity index (χ4n) is 1.61. The van der Waals surface area contributed by atoms with Crippen LogP contribution in [0, 0.1) is 0 Å². The van der Waals surface area contributed by atoms with Crippen LogP contribution in [0.25, 0.3) is 0 Å². The van der Waals surface area contributed by atoms with Crippen LogP contribution >= 0.6 is 0 Å². The second-order valence-corrected chi connectivity index (χ2v) is 4.42. The lowest BCUT2D eigenvalue weighted by Gasteiger charge is -2.22. The van der Waals surface area contributed by atoms with Crippen molar-refractivity contribution < 1.29 is 14.6 Å². The van der Waals surface area contributed by atoms with Gasteiger partial charge in [-0.3, -0.25) is 4.79 Å². The molecule has 1 N–H and O–H groups in total. The molecule has 0 fully saturated rings. The Labute approximate surface area is 102 Å². The largest absolute Gasteiger partial charge is 0.468 e. The van der Waals surface area contributed by atoms with E-state index in [2.05, 4.69) is 6.58 Å². The monoisotopic (exact) mass is 234 g/mol. The van der Waals surface area contributed by atoms with E-state index in [1.54, 1.807) is 26.0 Å². The Bertz CT molecular complexity index is 404. The smallest absolute Gasteiger partial charge is 0.315 e. The lowest BCUT2D eigenvalue weighted by molar-refractivity contribution is -0.146. The van der Waals surface area contributed by atoms with Crippen LogP contribution in [0.15, 0.2) is 36.9 Å². The topological polar surface area (TPSA) is 46.5 Å². The zero-order valence-corrected chi connectivity index (χ0v) is 10.4. The number of ether oxygens (including phenoxy) is 1. The molecule has 1 rings (SSSR count). The van der Waals surface area contributed by atoms with Gasteiger partial charge in [0.2, 0.25) is 0 Å². The third-order valence-electron chi connectivity index (χ3n) is 2.89. The molecule has 0 amide bonds. The lowest BCUT2D eigenvalue weighted by atomic mass is 9.84. The summed E-state index contributed by atoms with van der Waals surface area (Å²) in [4.78, 5) is 11.6. The molecule has 1 aromatic rings. The first-order valence-electron chi connectivity index (χ1n) is 5.43. The molecule has 0 radical (unpaired) electrons. The highest BCUT2D eigenvalue weighted by atomic mass is 16.5. The van der Waals surface area contributed by atoms with Gasteiger partial charge in [-0.15, -0.1) is 6.58 Å². The fourth-order valence-corrected chi connectivity index (χ4v) is 1.61. The Hall–Kier alpha value is -1.61. The lowest BCUT2D eigenvalue weighted by Crippen LogP contribution is -2.30. The van der Waals surface area contributed by atoms with Gasteiger partial charge in [0.15, 0.2) is 0 Å². The van der Waals surface area contributed by atoms with Gasteiger partial charge in [-0.05, 0) is 25.0 Å². The summed E-state index contributed by atoms with van der Waals surface area (Å²) < 4.78 is 4.76. The number of aliphatic hydroxyl groups is 1. The second-order valence-electron chi connectivity index (χ2n) is 4.42. The van der Waals surface area contributed by atoms with Gasteiger partial charge in [0, 0.05) is 0 Å². The number of hydrogen-bond acceptors (Lipinski definition) is 3. The molecule has 0 aliphatic carbocycles. The maximum absolute atomic E-state index is 11.6. The Balaban J connectivity index is 3.02. The highest BCUT2D eigenvalue weighted by Gasteiger charge is 2.30. The number of carbonyl (C=O) groups excluding carboxylic acids is 1. The molecular weight excluding hydrogens is 216 g/mol. The summed E-state index contributed by atoms with van der Waals surface area (Å²) in [5.41, 5.74) is 0.917. The normalized spacial score (nSPS) is 12.9. The summed E-state index contributed by atoms with van der Waals surface area (Å²) >= 11 is 0. The Kier molecular flexibility index (Phi) is 4.07. The van der Waals surface area contributed by atoms with Gasteiger partial charge in [-0.1, -0.05) is 30.3 Å². The van der Waals surface area contributed by atoms with Crippen LogP contribution in [0.2, 0.25) is 0 Å². The van der Waals surface area contributed by atoms with Crippen LogP contribution < -0.4 is 0 Å². The summed E-state index contributed by atoms with van der Waals surface area (Å²) in [6.45, 7) is 7.13. The van der Waals surface area contributed by atoms with Gasteiger partial charge in [0.1, 0.15) is 0 Å². The van der Waals surface area contributed by atoms with Crippen molar-refractivity contribution in [2.24, 2.45) is 0 Å². The van der Waals surface area contributed by atoms with E-state index in [0.29, 0.717) is 0 Å². The molecule has 0 aliphatic rings. The van der Waals surface area contributed by atoms with Crippen LogP contribution in [-0.4, -0.2) is 18.2 Å². The predicted molar refractivity (Wildman–Crippen MR) is 66.6 cm³/mol. The van der Waals surface area contributed by atoms with Crippen LogP contribution in [-0.2, 0) is 14.9 Å². The van der Waals surface area contributed by atoms with Crippen LogP contribution in [0.4, 0.5) is 0 Å². The Morgan fingerprint density at radius 2 is 1.94 bits per heavy atom. The van der Waals surface area contributed by atoms with E-state index in [9.17, 15) is 9.90 Å². The number of carbonyl (C=O) groups is 1. The van der Waals surface area contributed by atoms with Crippen molar-refractivity contribution in [1.29, 1.82) is 0 Å². The Morgan fingerprint density at radius 1 is 1.41 bits per heavy atom. The third kappa shape index (κ3) is 2.74. The van der Waals surface area contributed by atoms with Gasteiger partial charge >= 0.3 is 5.97 Å². The summed E-state index contributed by atoms with van der Waals surface area (Å²) in [7, 11) is 1.37. The van der Waals surface area contributed by atoms with Crippen molar-refractivity contribution in [2.45, 2.75) is 25.4 Å². The average molecular weight is 234 g/mol. The number of aliphatic hydroxyl groups excluding tert-OH is 1. The molecule has 92 valence electrons. The minimum atomic E-state index is -0.688. The minimum Gasteiger partial charge on any atom is -0.468 e. The average Bonchev–Trinajstić information content (AvgIpc) is 2.36. The summed E-state index contributed by atoms with van der Waals surface area (Å²) in [5.74, 6) is -0.283. The first-order valence-corrected chi connectivity index (χ1v) is 5.43. The molecule has 0 aromatic heterocycles. The van der Waals surface area contributed by atoms with Crippen molar-refractivity contribution in [3.63, 3.8) is 0 Å². The number of hydrogen-bond donors (Lipinski definition) is 1. The summed E-state index contributed by atoms with van der Waals surface area (Å²) in [6.07, 6.45) is 0.783.